The molecule has 122 valence electrons. The zero-order valence-corrected chi connectivity index (χ0v) is 13.5. The van der Waals surface area contributed by atoms with Crippen molar-refractivity contribution in [3.05, 3.63) is 53.9 Å². The number of amides is 1. The first-order valence-electron chi connectivity index (χ1n) is 7.72. The fourth-order valence-corrected chi connectivity index (χ4v) is 2.93. The number of aryl methyl sites for hydroxylation is 1. The van der Waals surface area contributed by atoms with Gasteiger partial charge in [-0.25, -0.2) is 0 Å². The maximum atomic E-state index is 12.7. The van der Waals surface area contributed by atoms with E-state index >= 15 is 0 Å². The van der Waals surface area contributed by atoms with E-state index in [0.717, 1.165) is 11.1 Å². The van der Waals surface area contributed by atoms with Crippen LogP contribution in [0.3, 0.4) is 0 Å². The minimum absolute atomic E-state index is 0.0744. The summed E-state index contributed by atoms with van der Waals surface area (Å²) in [5.74, 6) is -0.0744. The monoisotopic (exact) mass is 314 g/mol. The second-order valence-electron chi connectivity index (χ2n) is 6.13. The summed E-state index contributed by atoms with van der Waals surface area (Å²) in [6.45, 7) is 3.49. The molecule has 0 bridgehead atoms. The first kappa shape index (κ1) is 15.7. The molecule has 1 aromatic heterocycles. The summed E-state index contributed by atoms with van der Waals surface area (Å²) in [4.78, 5) is 14.5. The molecule has 2 unspecified atom stereocenters. The van der Waals surface area contributed by atoms with Crippen molar-refractivity contribution < 1.29 is 9.53 Å². The Bertz CT molecular complexity index is 685. The molecule has 6 heteroatoms. The van der Waals surface area contributed by atoms with Crippen molar-refractivity contribution in [2.24, 2.45) is 12.8 Å². The SMILES string of the molecule is Cn1cc(C2(C)CN(C(=O)C(N)c3ccccc3)CCO2)cn1. The van der Waals surface area contributed by atoms with Gasteiger partial charge in [-0.3, -0.25) is 9.48 Å². The van der Waals surface area contributed by atoms with E-state index in [0.29, 0.717) is 19.7 Å². The lowest BCUT2D eigenvalue weighted by molar-refractivity contribution is -0.151. The van der Waals surface area contributed by atoms with Crippen LogP contribution >= 0.6 is 0 Å². The highest BCUT2D eigenvalue weighted by Crippen LogP contribution is 2.30. The lowest BCUT2D eigenvalue weighted by atomic mass is 9.96. The zero-order valence-electron chi connectivity index (χ0n) is 13.5. The number of aromatic nitrogens is 2. The molecule has 6 nitrogen and oxygen atoms in total. The molecule has 0 radical (unpaired) electrons. The summed E-state index contributed by atoms with van der Waals surface area (Å²) in [5.41, 5.74) is 7.38. The molecule has 1 aliphatic heterocycles. The second-order valence-corrected chi connectivity index (χ2v) is 6.13. The van der Waals surface area contributed by atoms with Gasteiger partial charge in [0.1, 0.15) is 11.6 Å². The van der Waals surface area contributed by atoms with Gasteiger partial charge in [0.25, 0.3) is 0 Å². The van der Waals surface area contributed by atoms with Crippen LogP contribution in [0.1, 0.15) is 24.1 Å². The third-order valence-corrected chi connectivity index (χ3v) is 4.33. The van der Waals surface area contributed by atoms with Crippen molar-refractivity contribution in [3.63, 3.8) is 0 Å². The lowest BCUT2D eigenvalue weighted by Gasteiger charge is -2.40. The number of carbonyl (C=O) groups excluding carboxylic acids is 1. The molecular formula is C17H22N4O2. The van der Waals surface area contributed by atoms with Gasteiger partial charge >= 0.3 is 0 Å². The van der Waals surface area contributed by atoms with Crippen molar-refractivity contribution in [2.75, 3.05) is 19.7 Å². The molecule has 0 spiro atoms. The number of hydrogen-bond acceptors (Lipinski definition) is 4. The van der Waals surface area contributed by atoms with Crippen molar-refractivity contribution in [1.82, 2.24) is 14.7 Å². The van der Waals surface area contributed by atoms with E-state index in [1.165, 1.54) is 0 Å². The van der Waals surface area contributed by atoms with Gasteiger partial charge in [0, 0.05) is 25.4 Å². The number of nitrogens with zero attached hydrogens (tertiary/aromatic N) is 3. The summed E-state index contributed by atoms with van der Waals surface area (Å²) in [6.07, 6.45) is 3.70. The van der Waals surface area contributed by atoms with Gasteiger partial charge < -0.3 is 15.4 Å². The number of morpholine rings is 1. The molecular weight excluding hydrogens is 292 g/mol. The summed E-state index contributed by atoms with van der Waals surface area (Å²) >= 11 is 0. The second kappa shape index (κ2) is 6.14. The average molecular weight is 314 g/mol. The normalized spacial score (nSPS) is 22.8. The molecule has 2 heterocycles. The van der Waals surface area contributed by atoms with E-state index in [9.17, 15) is 4.79 Å². The molecule has 3 rings (SSSR count). The Hall–Kier alpha value is -2.18. The number of nitrogens with two attached hydrogens (primary N) is 1. The molecule has 23 heavy (non-hydrogen) atoms. The van der Waals surface area contributed by atoms with Crippen LogP contribution in [0.25, 0.3) is 0 Å². The van der Waals surface area contributed by atoms with Crippen LogP contribution in [0.5, 0.6) is 0 Å². The van der Waals surface area contributed by atoms with Crippen LogP contribution in [0.2, 0.25) is 0 Å². The highest BCUT2D eigenvalue weighted by molar-refractivity contribution is 5.83. The molecule has 2 aromatic rings. The van der Waals surface area contributed by atoms with Crippen molar-refractivity contribution in [1.29, 1.82) is 0 Å². The molecule has 1 aromatic carbocycles. The van der Waals surface area contributed by atoms with Crippen LogP contribution in [0.4, 0.5) is 0 Å². The van der Waals surface area contributed by atoms with Crippen molar-refractivity contribution >= 4 is 5.91 Å². The number of rotatable bonds is 3. The Morgan fingerprint density at radius 1 is 1.39 bits per heavy atom. The smallest absolute Gasteiger partial charge is 0.244 e. The van der Waals surface area contributed by atoms with Gasteiger partial charge in [0.15, 0.2) is 0 Å². The minimum Gasteiger partial charge on any atom is -0.367 e. The maximum absolute atomic E-state index is 12.7. The Labute approximate surface area is 135 Å². The predicted octanol–water partition coefficient (Wildman–Crippen LogP) is 1.19. The van der Waals surface area contributed by atoms with E-state index in [1.807, 2.05) is 50.5 Å². The van der Waals surface area contributed by atoms with E-state index in [-0.39, 0.29) is 5.91 Å². The number of benzene rings is 1. The van der Waals surface area contributed by atoms with Crippen LogP contribution < -0.4 is 5.73 Å². The largest absolute Gasteiger partial charge is 0.367 e. The quantitative estimate of drug-likeness (QED) is 0.924. The predicted molar refractivity (Wildman–Crippen MR) is 86.5 cm³/mol. The van der Waals surface area contributed by atoms with Gasteiger partial charge in [0.05, 0.1) is 19.3 Å². The molecule has 1 saturated heterocycles. The van der Waals surface area contributed by atoms with Crippen LogP contribution in [-0.2, 0) is 22.2 Å². The number of ether oxygens (including phenoxy) is 1. The van der Waals surface area contributed by atoms with Crippen LogP contribution in [0, 0.1) is 0 Å². The van der Waals surface area contributed by atoms with Gasteiger partial charge in [-0.05, 0) is 12.5 Å². The first-order valence-corrected chi connectivity index (χ1v) is 7.72. The molecule has 0 aliphatic carbocycles. The van der Waals surface area contributed by atoms with Gasteiger partial charge in [-0.2, -0.15) is 5.10 Å². The fourth-order valence-electron chi connectivity index (χ4n) is 2.93. The van der Waals surface area contributed by atoms with E-state index in [1.54, 1.807) is 15.8 Å². The Morgan fingerprint density at radius 2 is 2.13 bits per heavy atom. The van der Waals surface area contributed by atoms with Crippen molar-refractivity contribution in [2.45, 2.75) is 18.6 Å². The summed E-state index contributed by atoms with van der Waals surface area (Å²) in [6, 6.07) is 8.80. The maximum Gasteiger partial charge on any atom is 0.244 e. The third-order valence-electron chi connectivity index (χ3n) is 4.33. The summed E-state index contributed by atoms with van der Waals surface area (Å²) < 4.78 is 7.68. The highest BCUT2D eigenvalue weighted by Gasteiger charge is 2.38. The van der Waals surface area contributed by atoms with E-state index in [4.69, 9.17) is 10.5 Å². The van der Waals surface area contributed by atoms with Crippen LogP contribution in [0.15, 0.2) is 42.7 Å². The molecule has 1 amide bonds. The molecule has 2 atom stereocenters. The average Bonchev–Trinajstić information content (AvgIpc) is 3.02. The van der Waals surface area contributed by atoms with Gasteiger partial charge in [-0.15, -0.1) is 0 Å². The Morgan fingerprint density at radius 3 is 2.78 bits per heavy atom. The molecule has 1 aliphatic rings. The summed E-state index contributed by atoms with van der Waals surface area (Å²) in [5, 5.41) is 4.20. The zero-order chi connectivity index (χ0) is 16.4. The van der Waals surface area contributed by atoms with Crippen molar-refractivity contribution in [3.8, 4) is 0 Å². The fraction of sp³-hybridized carbons (Fsp3) is 0.412. The van der Waals surface area contributed by atoms with Gasteiger partial charge in [0.2, 0.25) is 5.91 Å². The highest BCUT2D eigenvalue weighted by atomic mass is 16.5. The molecule has 2 N–H and O–H groups in total. The van der Waals surface area contributed by atoms with E-state index in [2.05, 4.69) is 5.10 Å². The topological polar surface area (TPSA) is 73.4 Å². The van der Waals surface area contributed by atoms with Gasteiger partial charge in [-0.1, -0.05) is 30.3 Å². The minimum atomic E-state index is -0.646. The number of hydrogen-bond donors (Lipinski definition) is 1. The summed E-state index contributed by atoms with van der Waals surface area (Å²) in [7, 11) is 1.87. The Kier molecular flexibility index (Phi) is 4.19. The Balaban J connectivity index is 1.77. The first-order chi connectivity index (χ1) is 11.0. The number of carbonyl (C=O) groups is 1. The standard InChI is InChI=1S/C17H22N4O2/c1-17(14-10-19-20(2)11-14)12-21(8-9-23-17)16(22)15(18)13-6-4-3-5-7-13/h3-7,10-11,15H,8-9,12,18H2,1-2H3. The molecule has 1 fully saturated rings. The third kappa shape index (κ3) is 3.13. The van der Waals surface area contributed by atoms with E-state index < -0.39 is 11.6 Å². The van der Waals surface area contributed by atoms with Crippen LogP contribution in [-0.4, -0.2) is 40.3 Å². The lowest BCUT2D eigenvalue weighted by Crippen LogP contribution is -2.52. The molecule has 0 saturated carbocycles.